The minimum Gasteiger partial charge on any atom is -0.375 e. The van der Waals surface area contributed by atoms with Crippen molar-refractivity contribution in [1.82, 2.24) is 4.90 Å². The first-order chi connectivity index (χ1) is 9.49. The second-order valence-corrected chi connectivity index (χ2v) is 5.60. The highest BCUT2D eigenvalue weighted by Gasteiger charge is 2.08. The summed E-state index contributed by atoms with van der Waals surface area (Å²) in [7, 11) is 0. The van der Waals surface area contributed by atoms with Gasteiger partial charge in [0.2, 0.25) is 0 Å². The molecule has 0 aliphatic heterocycles. The second kappa shape index (κ2) is 8.33. The van der Waals surface area contributed by atoms with Gasteiger partial charge in [0.1, 0.15) is 0 Å². The lowest BCUT2D eigenvalue weighted by Crippen LogP contribution is -2.22. The first-order valence-electron chi connectivity index (χ1n) is 6.66. The van der Waals surface area contributed by atoms with Crippen LogP contribution in [0.3, 0.4) is 0 Å². The standard InChI is InChI=1S/C16H21Cl2NO/c1-12-10-14(3)15(11-13(12)2)16(20)4-7-19(8-5-17)9-6-18/h4,7,10-11H,5-6,8-9H2,1-3H3/b7-4-. The molecule has 0 atom stereocenters. The third-order valence-electron chi connectivity index (χ3n) is 3.29. The highest BCUT2D eigenvalue weighted by Crippen LogP contribution is 2.16. The van der Waals surface area contributed by atoms with Gasteiger partial charge in [0.15, 0.2) is 5.78 Å². The summed E-state index contributed by atoms with van der Waals surface area (Å²) in [4.78, 5) is 14.2. The molecule has 0 saturated carbocycles. The van der Waals surface area contributed by atoms with Gasteiger partial charge in [-0.2, -0.15) is 0 Å². The number of ketones is 1. The monoisotopic (exact) mass is 313 g/mol. The predicted molar refractivity (Wildman–Crippen MR) is 87.1 cm³/mol. The summed E-state index contributed by atoms with van der Waals surface area (Å²) in [6.07, 6.45) is 3.37. The van der Waals surface area contributed by atoms with E-state index in [9.17, 15) is 4.79 Å². The van der Waals surface area contributed by atoms with Crippen molar-refractivity contribution >= 4 is 29.0 Å². The quantitative estimate of drug-likeness (QED) is 0.429. The summed E-state index contributed by atoms with van der Waals surface area (Å²) in [5, 5.41) is 0. The maximum atomic E-state index is 12.3. The molecule has 110 valence electrons. The summed E-state index contributed by atoms with van der Waals surface area (Å²) < 4.78 is 0. The molecule has 0 aromatic heterocycles. The lowest BCUT2D eigenvalue weighted by molar-refractivity contribution is 0.104. The molecule has 0 amide bonds. The van der Waals surface area contributed by atoms with Crippen LogP contribution in [-0.2, 0) is 0 Å². The number of hydrogen-bond donors (Lipinski definition) is 0. The maximum absolute atomic E-state index is 12.3. The van der Waals surface area contributed by atoms with Crippen molar-refractivity contribution < 1.29 is 4.79 Å². The van der Waals surface area contributed by atoms with E-state index < -0.39 is 0 Å². The zero-order valence-electron chi connectivity index (χ0n) is 12.2. The van der Waals surface area contributed by atoms with Gasteiger partial charge in [-0.25, -0.2) is 0 Å². The number of benzene rings is 1. The smallest absolute Gasteiger partial charge is 0.187 e. The van der Waals surface area contributed by atoms with Crippen molar-refractivity contribution in [3.63, 3.8) is 0 Å². The zero-order valence-corrected chi connectivity index (χ0v) is 13.8. The zero-order chi connectivity index (χ0) is 15.1. The molecule has 0 saturated heterocycles. The van der Waals surface area contributed by atoms with Gasteiger partial charge in [-0.3, -0.25) is 4.79 Å². The van der Waals surface area contributed by atoms with Crippen LogP contribution in [0.25, 0.3) is 0 Å². The fraction of sp³-hybridized carbons (Fsp3) is 0.438. The second-order valence-electron chi connectivity index (χ2n) is 4.85. The van der Waals surface area contributed by atoms with Crippen molar-refractivity contribution in [2.24, 2.45) is 0 Å². The number of rotatable bonds is 7. The molecule has 20 heavy (non-hydrogen) atoms. The topological polar surface area (TPSA) is 20.3 Å². The van der Waals surface area contributed by atoms with Gasteiger partial charge < -0.3 is 4.90 Å². The third kappa shape index (κ3) is 4.84. The molecule has 1 aromatic rings. The minimum absolute atomic E-state index is 0.0137. The Kier molecular flexibility index (Phi) is 7.11. The SMILES string of the molecule is Cc1cc(C)c(C(=O)/C=C\N(CCCl)CCCl)cc1C. The summed E-state index contributed by atoms with van der Waals surface area (Å²) in [5.41, 5.74) is 4.09. The molecular formula is C16H21Cl2NO. The Morgan fingerprint density at radius 1 is 1.05 bits per heavy atom. The Balaban J connectivity index is 2.87. The molecule has 2 nitrogen and oxygen atoms in total. The van der Waals surface area contributed by atoms with Crippen molar-refractivity contribution in [2.45, 2.75) is 20.8 Å². The summed E-state index contributed by atoms with van der Waals surface area (Å²) in [5.74, 6) is 1.04. The van der Waals surface area contributed by atoms with Crippen molar-refractivity contribution in [3.05, 3.63) is 46.7 Å². The van der Waals surface area contributed by atoms with Gasteiger partial charge in [-0.1, -0.05) is 6.07 Å². The largest absolute Gasteiger partial charge is 0.375 e. The highest BCUT2D eigenvalue weighted by atomic mass is 35.5. The Bertz CT molecular complexity index is 491. The molecule has 4 heteroatoms. The molecule has 0 bridgehead atoms. The van der Waals surface area contributed by atoms with Crippen LogP contribution in [0.2, 0.25) is 0 Å². The van der Waals surface area contributed by atoms with E-state index in [2.05, 4.69) is 6.92 Å². The van der Waals surface area contributed by atoms with E-state index in [1.54, 1.807) is 12.3 Å². The van der Waals surface area contributed by atoms with Gasteiger partial charge in [-0.05, 0) is 43.5 Å². The van der Waals surface area contributed by atoms with E-state index >= 15 is 0 Å². The Morgan fingerprint density at radius 2 is 1.60 bits per heavy atom. The summed E-state index contributed by atoms with van der Waals surface area (Å²) in [6.45, 7) is 7.40. The number of allylic oxidation sites excluding steroid dienone is 1. The molecule has 0 radical (unpaired) electrons. The predicted octanol–water partition coefficient (Wildman–Crippen LogP) is 4.09. The van der Waals surface area contributed by atoms with Crippen LogP contribution in [0.5, 0.6) is 0 Å². The highest BCUT2D eigenvalue weighted by molar-refractivity contribution is 6.18. The van der Waals surface area contributed by atoms with Crippen LogP contribution in [0, 0.1) is 20.8 Å². The maximum Gasteiger partial charge on any atom is 0.187 e. The Hall–Kier alpha value is -0.990. The van der Waals surface area contributed by atoms with Crippen molar-refractivity contribution in [1.29, 1.82) is 0 Å². The molecule has 0 heterocycles. The lowest BCUT2D eigenvalue weighted by Gasteiger charge is -2.17. The van der Waals surface area contributed by atoms with Gasteiger partial charge >= 0.3 is 0 Å². The van der Waals surface area contributed by atoms with Crippen molar-refractivity contribution in [2.75, 3.05) is 24.8 Å². The number of halogens is 2. The van der Waals surface area contributed by atoms with Gasteiger partial charge in [0.05, 0.1) is 0 Å². The van der Waals surface area contributed by atoms with Crippen LogP contribution >= 0.6 is 23.2 Å². The molecule has 0 unspecified atom stereocenters. The van der Waals surface area contributed by atoms with E-state index in [0.29, 0.717) is 24.8 Å². The number of hydrogen-bond acceptors (Lipinski definition) is 2. The molecule has 0 spiro atoms. The number of carbonyl (C=O) groups excluding carboxylic acids is 1. The fourth-order valence-electron chi connectivity index (χ4n) is 1.97. The number of nitrogens with zero attached hydrogens (tertiary/aromatic N) is 1. The molecular weight excluding hydrogens is 293 g/mol. The van der Waals surface area contributed by atoms with E-state index in [0.717, 1.165) is 16.7 Å². The first kappa shape index (κ1) is 17.1. The molecule has 0 N–H and O–H groups in total. The van der Waals surface area contributed by atoms with Gasteiger partial charge in [0, 0.05) is 42.7 Å². The molecule has 0 fully saturated rings. The van der Waals surface area contributed by atoms with E-state index in [-0.39, 0.29) is 5.78 Å². The van der Waals surface area contributed by atoms with Crippen LogP contribution in [-0.4, -0.2) is 35.5 Å². The molecule has 0 aliphatic rings. The van der Waals surface area contributed by atoms with Crippen LogP contribution in [0.4, 0.5) is 0 Å². The average molecular weight is 314 g/mol. The van der Waals surface area contributed by atoms with E-state index in [1.807, 2.05) is 30.9 Å². The molecule has 0 aliphatic carbocycles. The summed E-state index contributed by atoms with van der Waals surface area (Å²) >= 11 is 11.4. The van der Waals surface area contributed by atoms with Crippen molar-refractivity contribution in [3.8, 4) is 0 Å². The number of carbonyl (C=O) groups is 1. The number of alkyl halides is 2. The third-order valence-corrected chi connectivity index (χ3v) is 3.62. The summed E-state index contributed by atoms with van der Waals surface area (Å²) in [6, 6.07) is 4.00. The Labute approximate surface area is 131 Å². The van der Waals surface area contributed by atoms with Crippen LogP contribution in [0.1, 0.15) is 27.0 Å². The van der Waals surface area contributed by atoms with Gasteiger partial charge in [0.25, 0.3) is 0 Å². The van der Waals surface area contributed by atoms with E-state index in [1.165, 1.54) is 5.56 Å². The molecule has 1 rings (SSSR count). The molecule has 1 aromatic carbocycles. The van der Waals surface area contributed by atoms with E-state index in [4.69, 9.17) is 23.2 Å². The fourth-order valence-corrected chi connectivity index (χ4v) is 2.40. The Morgan fingerprint density at radius 3 is 2.15 bits per heavy atom. The number of aryl methyl sites for hydroxylation is 3. The average Bonchev–Trinajstić information content (AvgIpc) is 2.40. The van der Waals surface area contributed by atoms with Crippen LogP contribution < -0.4 is 0 Å². The minimum atomic E-state index is 0.0137. The van der Waals surface area contributed by atoms with Crippen LogP contribution in [0.15, 0.2) is 24.4 Å². The lowest BCUT2D eigenvalue weighted by atomic mass is 9.98. The van der Waals surface area contributed by atoms with Gasteiger partial charge in [-0.15, -0.1) is 23.2 Å². The normalized spacial score (nSPS) is 11.1. The first-order valence-corrected chi connectivity index (χ1v) is 7.73.